The molecule has 0 spiro atoms. The molecule has 1 aromatic carbocycles. The Bertz CT molecular complexity index is 507. The summed E-state index contributed by atoms with van der Waals surface area (Å²) in [5.74, 6) is -1.13. The predicted octanol–water partition coefficient (Wildman–Crippen LogP) is 0.327. The largest absolute Gasteiger partial charge is 0.324 e. The lowest BCUT2D eigenvalue weighted by molar-refractivity contribution is -0.114. The van der Waals surface area contributed by atoms with Crippen LogP contribution >= 0.6 is 0 Å². The second-order valence-electron chi connectivity index (χ2n) is 2.99. The van der Waals surface area contributed by atoms with Crippen LogP contribution in [0.2, 0.25) is 0 Å². The van der Waals surface area contributed by atoms with Crippen LogP contribution in [0.3, 0.4) is 0 Å². The monoisotopic (exact) mass is 211 g/mol. The van der Waals surface area contributed by atoms with E-state index in [2.05, 4.69) is 5.32 Å². The Morgan fingerprint density at radius 1 is 1.36 bits per heavy atom. The van der Waals surface area contributed by atoms with E-state index >= 15 is 0 Å². The van der Waals surface area contributed by atoms with Gasteiger partial charge >= 0.3 is 0 Å². The maximum absolute atomic E-state index is 11.5. The molecule has 0 saturated carbocycles. The van der Waals surface area contributed by atoms with Crippen LogP contribution in [0.1, 0.15) is 0 Å². The fraction of sp³-hybridized carbons (Fsp3) is 0.125. The van der Waals surface area contributed by atoms with Gasteiger partial charge in [-0.05, 0) is 12.1 Å². The molecule has 73 valence electrons. The van der Waals surface area contributed by atoms with Crippen LogP contribution in [0.4, 0.5) is 11.4 Å². The molecule has 1 amide bonds. The van der Waals surface area contributed by atoms with Crippen molar-refractivity contribution in [3.8, 4) is 0 Å². The lowest BCUT2D eigenvalue weighted by Gasteiger charge is -2.17. The Morgan fingerprint density at radius 2 is 2.07 bits per heavy atom. The first-order chi connectivity index (χ1) is 6.50. The third kappa shape index (κ3) is 1.24. The molecule has 14 heavy (non-hydrogen) atoms. The van der Waals surface area contributed by atoms with E-state index in [1.54, 1.807) is 0 Å². The van der Waals surface area contributed by atoms with Gasteiger partial charge in [0.05, 0.1) is 11.4 Å². The average molecular weight is 211 g/mol. The minimum Gasteiger partial charge on any atom is -0.324 e. The Morgan fingerprint density at radius 3 is 2.79 bits per heavy atom. The number of hydrogen-bond acceptors (Lipinski definition) is 3. The molecular weight excluding hydrogens is 204 g/mol. The number of nitrogens with one attached hydrogen (secondary N) is 2. The normalized spacial score (nSPS) is 18.4. The molecule has 5 nitrogen and oxygen atoms in total. The molecule has 2 N–H and O–H groups in total. The van der Waals surface area contributed by atoms with E-state index in [0.717, 1.165) is 0 Å². The van der Waals surface area contributed by atoms with Gasteiger partial charge in [-0.2, -0.15) is 0 Å². The third-order valence-electron chi connectivity index (χ3n) is 1.92. The maximum Gasteiger partial charge on any atom is 0.239 e. The quantitative estimate of drug-likeness (QED) is 0.670. The number of carbonyl (C=O) groups excluding carboxylic acids is 1. The lowest BCUT2D eigenvalue weighted by atomic mass is 10.3. The second-order valence-corrected chi connectivity index (χ2v) is 4.92. The van der Waals surface area contributed by atoms with E-state index in [0.29, 0.717) is 0 Å². The first-order valence-corrected chi connectivity index (χ1v) is 5.53. The van der Waals surface area contributed by atoms with Crippen molar-refractivity contribution in [3.63, 3.8) is 0 Å². The molecular formula is C8H7N2O3S. The standard InChI is InChI=1S/C8H7N2O3S/c9-5-2-1-3-6-8(5)14(12,13)4-7(11)10-6/h1-3,9H,4H2,(H,10,11). The van der Waals surface area contributed by atoms with E-state index in [1.807, 2.05) is 0 Å². The highest BCUT2D eigenvalue weighted by Gasteiger charge is 2.30. The summed E-state index contributed by atoms with van der Waals surface area (Å²) in [6, 6.07) is 4.39. The van der Waals surface area contributed by atoms with Crippen molar-refractivity contribution < 1.29 is 13.2 Å². The van der Waals surface area contributed by atoms with Gasteiger partial charge in [0.2, 0.25) is 5.91 Å². The fourth-order valence-corrected chi connectivity index (χ4v) is 2.82. The van der Waals surface area contributed by atoms with Crippen LogP contribution in [-0.4, -0.2) is 20.1 Å². The summed E-state index contributed by atoms with van der Waals surface area (Å²) in [5, 5.41) is 2.42. The molecule has 0 fully saturated rings. The molecule has 0 unspecified atom stereocenters. The summed E-state index contributed by atoms with van der Waals surface area (Å²) in [5.41, 5.74) is 7.56. The summed E-state index contributed by atoms with van der Waals surface area (Å²) >= 11 is 0. The summed E-state index contributed by atoms with van der Waals surface area (Å²) in [6.07, 6.45) is 0. The van der Waals surface area contributed by atoms with Crippen LogP contribution in [0.25, 0.3) is 0 Å². The number of anilines is 1. The number of fused-ring (bicyclic) bond motifs is 1. The van der Waals surface area contributed by atoms with Crippen LogP contribution in [0.5, 0.6) is 0 Å². The van der Waals surface area contributed by atoms with Gasteiger partial charge in [0.15, 0.2) is 9.84 Å². The second kappa shape index (κ2) is 2.71. The zero-order chi connectivity index (χ0) is 10.3. The molecule has 0 bridgehead atoms. The van der Waals surface area contributed by atoms with Gasteiger partial charge in [-0.15, -0.1) is 0 Å². The van der Waals surface area contributed by atoms with Crippen molar-refractivity contribution >= 4 is 27.1 Å². The van der Waals surface area contributed by atoms with E-state index in [4.69, 9.17) is 5.73 Å². The third-order valence-corrected chi connectivity index (χ3v) is 3.63. The molecule has 0 aliphatic carbocycles. The molecule has 1 aromatic rings. The van der Waals surface area contributed by atoms with Crippen molar-refractivity contribution in [2.24, 2.45) is 0 Å². The summed E-state index contributed by atoms with van der Waals surface area (Å²) < 4.78 is 23.0. The fourth-order valence-electron chi connectivity index (χ4n) is 1.40. The minimum atomic E-state index is -3.62. The molecule has 1 aliphatic rings. The molecule has 6 heteroatoms. The van der Waals surface area contributed by atoms with Crippen LogP contribution in [0.15, 0.2) is 23.1 Å². The molecule has 0 atom stereocenters. The number of sulfone groups is 1. The number of carbonyl (C=O) groups is 1. The number of rotatable bonds is 0. The minimum absolute atomic E-state index is 0.0810. The summed E-state index contributed by atoms with van der Waals surface area (Å²) in [4.78, 5) is 10.9. The molecule has 1 aliphatic heterocycles. The Hall–Kier alpha value is -1.56. The van der Waals surface area contributed by atoms with Crippen molar-refractivity contribution in [1.29, 1.82) is 0 Å². The first kappa shape index (κ1) is 9.01. The Balaban J connectivity index is 2.77. The van der Waals surface area contributed by atoms with Crippen LogP contribution in [-0.2, 0) is 14.6 Å². The van der Waals surface area contributed by atoms with Gasteiger partial charge in [-0.25, -0.2) is 8.42 Å². The van der Waals surface area contributed by atoms with Crippen molar-refractivity contribution in [3.05, 3.63) is 18.2 Å². The molecule has 2 rings (SSSR count). The summed E-state index contributed by atoms with van der Waals surface area (Å²) in [7, 11) is -3.62. The molecule has 1 heterocycles. The zero-order valence-corrected chi connectivity index (χ0v) is 7.89. The average Bonchev–Trinajstić information content (AvgIpc) is 2.00. The van der Waals surface area contributed by atoms with Gasteiger partial charge in [0.25, 0.3) is 0 Å². The van der Waals surface area contributed by atoms with Gasteiger partial charge < -0.3 is 5.32 Å². The van der Waals surface area contributed by atoms with Gasteiger partial charge in [0.1, 0.15) is 10.6 Å². The van der Waals surface area contributed by atoms with Gasteiger partial charge in [-0.3, -0.25) is 10.5 Å². The van der Waals surface area contributed by atoms with E-state index < -0.39 is 21.5 Å². The van der Waals surface area contributed by atoms with Gasteiger partial charge in [-0.1, -0.05) is 6.07 Å². The number of benzene rings is 1. The molecule has 1 radical (unpaired) electrons. The van der Waals surface area contributed by atoms with E-state index in [1.165, 1.54) is 18.2 Å². The molecule has 0 aromatic heterocycles. The van der Waals surface area contributed by atoms with Gasteiger partial charge in [0, 0.05) is 0 Å². The van der Waals surface area contributed by atoms with E-state index in [-0.39, 0.29) is 16.3 Å². The number of amides is 1. The smallest absolute Gasteiger partial charge is 0.239 e. The maximum atomic E-state index is 11.5. The number of hydrogen-bond donors (Lipinski definition) is 1. The zero-order valence-electron chi connectivity index (χ0n) is 7.07. The van der Waals surface area contributed by atoms with Crippen molar-refractivity contribution in [2.75, 3.05) is 11.1 Å². The van der Waals surface area contributed by atoms with Crippen molar-refractivity contribution in [1.82, 2.24) is 5.73 Å². The lowest BCUT2D eigenvalue weighted by Crippen LogP contribution is -2.29. The Kier molecular flexibility index (Phi) is 1.75. The predicted molar refractivity (Wildman–Crippen MR) is 49.9 cm³/mol. The highest BCUT2D eigenvalue weighted by atomic mass is 32.2. The van der Waals surface area contributed by atoms with Crippen molar-refractivity contribution in [2.45, 2.75) is 4.90 Å². The van der Waals surface area contributed by atoms with E-state index in [9.17, 15) is 13.2 Å². The Labute approximate surface area is 80.8 Å². The highest BCUT2D eigenvalue weighted by Crippen LogP contribution is 2.32. The van der Waals surface area contributed by atoms with Crippen LogP contribution in [0, 0.1) is 0 Å². The summed E-state index contributed by atoms with van der Waals surface area (Å²) in [6.45, 7) is 0. The first-order valence-electron chi connectivity index (χ1n) is 3.88. The van der Waals surface area contributed by atoms with Crippen LogP contribution < -0.4 is 11.1 Å². The highest BCUT2D eigenvalue weighted by molar-refractivity contribution is 7.92. The SMILES string of the molecule is [NH]c1cccc2c1S(=O)(=O)CC(=O)N2. The molecule has 0 saturated heterocycles. The topological polar surface area (TPSA) is 87.0 Å².